The number of halogens is 1. The standard InChI is InChI=1S/C19H17FO/c1-2-3-7-19(21)17-12-10-15(11-13-17)8-9-16-5-4-6-18(20)14-16/h4-6,10-14H,2-3,7H2,1H3. The number of benzene rings is 2. The molecule has 0 bridgehead atoms. The lowest BCUT2D eigenvalue weighted by molar-refractivity contribution is 0.0980. The molecule has 0 aromatic heterocycles. The van der Waals surface area contributed by atoms with E-state index in [4.69, 9.17) is 0 Å². The van der Waals surface area contributed by atoms with Crippen molar-refractivity contribution in [3.8, 4) is 11.8 Å². The van der Waals surface area contributed by atoms with Gasteiger partial charge in [-0.2, -0.15) is 0 Å². The normalized spacial score (nSPS) is 9.81. The number of rotatable bonds is 4. The van der Waals surface area contributed by atoms with Gasteiger partial charge < -0.3 is 0 Å². The molecule has 0 saturated heterocycles. The summed E-state index contributed by atoms with van der Waals surface area (Å²) in [6.07, 6.45) is 2.52. The van der Waals surface area contributed by atoms with Crippen LogP contribution in [0.15, 0.2) is 48.5 Å². The van der Waals surface area contributed by atoms with Crippen molar-refractivity contribution >= 4 is 5.78 Å². The van der Waals surface area contributed by atoms with Crippen LogP contribution in [0, 0.1) is 17.7 Å². The Bertz CT molecular complexity index is 675. The van der Waals surface area contributed by atoms with Gasteiger partial charge in [-0.25, -0.2) is 4.39 Å². The summed E-state index contributed by atoms with van der Waals surface area (Å²) in [6.45, 7) is 2.07. The fourth-order valence-electron chi connectivity index (χ4n) is 1.93. The number of ketones is 1. The van der Waals surface area contributed by atoms with Gasteiger partial charge in [-0.15, -0.1) is 0 Å². The highest BCUT2D eigenvalue weighted by Gasteiger charge is 2.04. The second kappa shape index (κ2) is 7.40. The van der Waals surface area contributed by atoms with Crippen molar-refractivity contribution in [1.82, 2.24) is 0 Å². The Morgan fingerprint density at radius 3 is 2.43 bits per heavy atom. The van der Waals surface area contributed by atoms with E-state index in [2.05, 4.69) is 18.8 Å². The quantitative estimate of drug-likeness (QED) is 0.591. The molecule has 2 rings (SSSR count). The maximum atomic E-state index is 13.0. The lowest BCUT2D eigenvalue weighted by atomic mass is 10.0. The summed E-state index contributed by atoms with van der Waals surface area (Å²) in [5, 5.41) is 0. The van der Waals surface area contributed by atoms with Crippen LogP contribution < -0.4 is 0 Å². The summed E-state index contributed by atoms with van der Waals surface area (Å²) in [5.41, 5.74) is 2.17. The van der Waals surface area contributed by atoms with Crippen molar-refractivity contribution in [3.05, 3.63) is 71.0 Å². The topological polar surface area (TPSA) is 17.1 Å². The minimum atomic E-state index is -0.293. The van der Waals surface area contributed by atoms with Gasteiger partial charge in [0.25, 0.3) is 0 Å². The lowest BCUT2D eigenvalue weighted by Crippen LogP contribution is -1.98. The molecular weight excluding hydrogens is 263 g/mol. The second-order valence-electron chi connectivity index (χ2n) is 4.86. The molecule has 0 heterocycles. The molecule has 0 saturated carbocycles. The SMILES string of the molecule is CCCCC(=O)c1ccc(C#Cc2cccc(F)c2)cc1. The molecular formula is C19H17FO. The average Bonchev–Trinajstić information content (AvgIpc) is 2.51. The van der Waals surface area contributed by atoms with Crippen LogP contribution in [0.5, 0.6) is 0 Å². The Morgan fingerprint density at radius 2 is 1.76 bits per heavy atom. The van der Waals surface area contributed by atoms with Crippen LogP contribution in [0.25, 0.3) is 0 Å². The third kappa shape index (κ3) is 4.57. The minimum Gasteiger partial charge on any atom is -0.294 e. The Kier molecular flexibility index (Phi) is 5.29. The molecule has 1 nitrogen and oxygen atoms in total. The molecule has 0 N–H and O–H groups in total. The van der Waals surface area contributed by atoms with Gasteiger partial charge in [-0.3, -0.25) is 4.79 Å². The zero-order chi connectivity index (χ0) is 15.1. The molecule has 0 fully saturated rings. The van der Waals surface area contributed by atoms with Gasteiger partial charge in [0, 0.05) is 23.1 Å². The molecule has 106 valence electrons. The smallest absolute Gasteiger partial charge is 0.162 e. The van der Waals surface area contributed by atoms with Crippen molar-refractivity contribution < 1.29 is 9.18 Å². The van der Waals surface area contributed by atoms with E-state index in [1.807, 2.05) is 12.1 Å². The van der Waals surface area contributed by atoms with Gasteiger partial charge in [-0.1, -0.05) is 43.4 Å². The van der Waals surface area contributed by atoms with E-state index in [9.17, 15) is 9.18 Å². The summed E-state index contributed by atoms with van der Waals surface area (Å²) < 4.78 is 13.0. The number of hydrogen-bond donors (Lipinski definition) is 0. The third-order valence-corrected chi connectivity index (χ3v) is 3.14. The molecule has 0 radical (unpaired) electrons. The maximum absolute atomic E-state index is 13.0. The van der Waals surface area contributed by atoms with Crippen LogP contribution in [0.1, 0.15) is 47.7 Å². The zero-order valence-electron chi connectivity index (χ0n) is 12.0. The van der Waals surface area contributed by atoms with Gasteiger partial charge in [-0.05, 0) is 36.8 Å². The van der Waals surface area contributed by atoms with Crippen LogP contribution in [0.2, 0.25) is 0 Å². The molecule has 0 aliphatic rings. The Morgan fingerprint density at radius 1 is 1.05 bits per heavy atom. The molecule has 21 heavy (non-hydrogen) atoms. The Labute approximate surface area is 124 Å². The van der Waals surface area contributed by atoms with E-state index < -0.39 is 0 Å². The molecule has 0 unspecified atom stereocenters. The van der Waals surface area contributed by atoms with Gasteiger partial charge >= 0.3 is 0 Å². The number of Topliss-reactive ketones (excluding diaryl/α,β-unsaturated/α-hetero) is 1. The van der Waals surface area contributed by atoms with Crippen LogP contribution in [-0.2, 0) is 0 Å². The second-order valence-corrected chi connectivity index (χ2v) is 4.86. The third-order valence-electron chi connectivity index (χ3n) is 3.14. The lowest BCUT2D eigenvalue weighted by Gasteiger charge is -1.99. The predicted molar refractivity (Wildman–Crippen MR) is 82.7 cm³/mol. The van der Waals surface area contributed by atoms with E-state index >= 15 is 0 Å². The van der Waals surface area contributed by atoms with E-state index in [0.29, 0.717) is 12.0 Å². The minimum absolute atomic E-state index is 0.168. The molecule has 0 atom stereocenters. The van der Waals surface area contributed by atoms with Crippen LogP contribution in [0.3, 0.4) is 0 Å². The van der Waals surface area contributed by atoms with E-state index in [1.54, 1.807) is 24.3 Å². The first-order chi connectivity index (χ1) is 10.2. The van der Waals surface area contributed by atoms with Crippen molar-refractivity contribution in [2.75, 3.05) is 0 Å². The highest BCUT2D eigenvalue weighted by Crippen LogP contribution is 2.09. The molecule has 0 spiro atoms. The summed E-state index contributed by atoms with van der Waals surface area (Å²) in [5.74, 6) is 5.75. The van der Waals surface area contributed by atoms with Crippen molar-refractivity contribution in [2.24, 2.45) is 0 Å². The number of carbonyl (C=O) groups is 1. The highest BCUT2D eigenvalue weighted by molar-refractivity contribution is 5.96. The summed E-state index contributed by atoms with van der Waals surface area (Å²) in [4.78, 5) is 11.9. The number of carbonyl (C=O) groups excluding carboxylic acids is 1. The van der Waals surface area contributed by atoms with Crippen LogP contribution in [-0.4, -0.2) is 5.78 Å². The van der Waals surface area contributed by atoms with E-state index in [-0.39, 0.29) is 11.6 Å². The molecule has 0 amide bonds. The predicted octanol–water partition coefficient (Wildman–Crippen LogP) is 4.60. The summed E-state index contributed by atoms with van der Waals surface area (Å²) in [6, 6.07) is 13.4. The van der Waals surface area contributed by atoms with Gasteiger partial charge in [0.1, 0.15) is 5.82 Å². The van der Waals surface area contributed by atoms with Crippen LogP contribution >= 0.6 is 0 Å². The number of unbranched alkanes of at least 4 members (excludes halogenated alkanes) is 1. The Balaban J connectivity index is 2.08. The van der Waals surface area contributed by atoms with Crippen molar-refractivity contribution in [2.45, 2.75) is 26.2 Å². The monoisotopic (exact) mass is 280 g/mol. The first-order valence-electron chi connectivity index (χ1n) is 7.10. The Hall–Kier alpha value is -2.40. The van der Waals surface area contributed by atoms with Gasteiger partial charge in [0.05, 0.1) is 0 Å². The zero-order valence-corrected chi connectivity index (χ0v) is 12.0. The van der Waals surface area contributed by atoms with Crippen molar-refractivity contribution in [1.29, 1.82) is 0 Å². The molecule has 0 aliphatic heterocycles. The number of hydrogen-bond acceptors (Lipinski definition) is 1. The first-order valence-corrected chi connectivity index (χ1v) is 7.10. The maximum Gasteiger partial charge on any atom is 0.162 e. The summed E-state index contributed by atoms with van der Waals surface area (Å²) in [7, 11) is 0. The summed E-state index contributed by atoms with van der Waals surface area (Å²) >= 11 is 0. The van der Waals surface area contributed by atoms with E-state index in [1.165, 1.54) is 12.1 Å². The molecule has 2 aromatic rings. The first kappa shape index (κ1) is 15.0. The fraction of sp³-hybridized carbons (Fsp3) is 0.211. The molecule has 0 aliphatic carbocycles. The molecule has 2 heteroatoms. The van der Waals surface area contributed by atoms with Gasteiger partial charge in [0.2, 0.25) is 0 Å². The van der Waals surface area contributed by atoms with Crippen molar-refractivity contribution in [3.63, 3.8) is 0 Å². The highest BCUT2D eigenvalue weighted by atomic mass is 19.1. The van der Waals surface area contributed by atoms with Gasteiger partial charge in [0.15, 0.2) is 5.78 Å². The fourth-order valence-corrected chi connectivity index (χ4v) is 1.93. The van der Waals surface area contributed by atoms with E-state index in [0.717, 1.165) is 24.0 Å². The van der Waals surface area contributed by atoms with Crippen LogP contribution in [0.4, 0.5) is 4.39 Å². The average molecular weight is 280 g/mol. The molecule has 2 aromatic carbocycles. The largest absolute Gasteiger partial charge is 0.294 e.